The Labute approximate surface area is 162 Å². The van der Waals surface area contributed by atoms with Crippen molar-refractivity contribution in [2.24, 2.45) is 5.92 Å². The van der Waals surface area contributed by atoms with E-state index in [-0.39, 0.29) is 11.5 Å². The molecule has 0 saturated carbocycles. The van der Waals surface area contributed by atoms with Crippen LogP contribution >= 0.6 is 0 Å². The summed E-state index contributed by atoms with van der Waals surface area (Å²) in [7, 11) is 1.28. The standard InChI is InChI=1S/C21H21N3O4/c1-13(2)18(21(27)28-3)23-19(25)14-7-6-8-15(11-14)24-12-22-17-10-5-4-9-16(17)20(24)26/h4-13,18H,1-3H3,(H,23,25)/t18-/m0/s1. The van der Waals surface area contributed by atoms with Crippen LogP contribution in [0.4, 0.5) is 0 Å². The third-order valence-corrected chi connectivity index (χ3v) is 4.46. The van der Waals surface area contributed by atoms with E-state index in [1.165, 1.54) is 18.0 Å². The van der Waals surface area contributed by atoms with Crippen molar-refractivity contribution < 1.29 is 14.3 Å². The number of nitrogens with one attached hydrogen (secondary N) is 1. The number of amides is 1. The molecule has 3 aromatic rings. The smallest absolute Gasteiger partial charge is 0.328 e. The lowest BCUT2D eigenvalue weighted by Crippen LogP contribution is -2.45. The van der Waals surface area contributed by atoms with Crippen LogP contribution < -0.4 is 10.9 Å². The van der Waals surface area contributed by atoms with Crippen LogP contribution in [-0.4, -0.2) is 34.6 Å². The second kappa shape index (κ2) is 8.04. The van der Waals surface area contributed by atoms with Gasteiger partial charge in [0.05, 0.1) is 23.7 Å². The third-order valence-electron chi connectivity index (χ3n) is 4.46. The molecule has 1 N–H and O–H groups in total. The van der Waals surface area contributed by atoms with Gasteiger partial charge in [0.15, 0.2) is 0 Å². The molecule has 0 aliphatic rings. The number of aromatic nitrogens is 2. The Morgan fingerprint density at radius 2 is 1.86 bits per heavy atom. The summed E-state index contributed by atoms with van der Waals surface area (Å²) in [6.45, 7) is 3.64. The molecule has 1 amide bonds. The molecule has 0 saturated heterocycles. The Bertz CT molecular complexity index is 1090. The van der Waals surface area contributed by atoms with Gasteiger partial charge in [-0.05, 0) is 36.2 Å². The van der Waals surface area contributed by atoms with Crippen molar-refractivity contribution in [3.63, 3.8) is 0 Å². The lowest BCUT2D eigenvalue weighted by Gasteiger charge is -2.20. The van der Waals surface area contributed by atoms with E-state index in [9.17, 15) is 14.4 Å². The van der Waals surface area contributed by atoms with Crippen molar-refractivity contribution in [3.05, 3.63) is 70.8 Å². The lowest BCUT2D eigenvalue weighted by atomic mass is 10.0. The van der Waals surface area contributed by atoms with Crippen molar-refractivity contribution in [1.29, 1.82) is 0 Å². The van der Waals surface area contributed by atoms with Crippen LogP contribution in [0.2, 0.25) is 0 Å². The zero-order valence-corrected chi connectivity index (χ0v) is 15.9. The Morgan fingerprint density at radius 3 is 2.57 bits per heavy atom. The minimum atomic E-state index is -0.758. The first-order valence-corrected chi connectivity index (χ1v) is 8.88. The van der Waals surface area contributed by atoms with E-state index < -0.39 is 17.9 Å². The summed E-state index contributed by atoms with van der Waals surface area (Å²) in [5, 5.41) is 3.18. The number of carbonyl (C=O) groups is 2. The number of ether oxygens (including phenoxy) is 1. The van der Waals surface area contributed by atoms with E-state index in [2.05, 4.69) is 10.3 Å². The van der Waals surface area contributed by atoms with Crippen molar-refractivity contribution in [2.75, 3.05) is 7.11 Å². The first-order chi connectivity index (χ1) is 13.4. The molecule has 0 aliphatic carbocycles. The van der Waals surface area contributed by atoms with Gasteiger partial charge in [-0.15, -0.1) is 0 Å². The maximum atomic E-state index is 12.8. The van der Waals surface area contributed by atoms with Gasteiger partial charge < -0.3 is 10.1 Å². The molecular formula is C21H21N3O4. The average Bonchev–Trinajstić information content (AvgIpc) is 2.71. The Kier molecular flexibility index (Phi) is 5.54. The molecule has 1 aromatic heterocycles. The van der Waals surface area contributed by atoms with E-state index >= 15 is 0 Å². The Balaban J connectivity index is 1.95. The summed E-state index contributed by atoms with van der Waals surface area (Å²) in [5.41, 5.74) is 1.22. The second-order valence-electron chi connectivity index (χ2n) is 6.71. The maximum absolute atomic E-state index is 12.8. The number of benzene rings is 2. The minimum absolute atomic E-state index is 0.133. The van der Waals surface area contributed by atoms with E-state index in [1.807, 2.05) is 19.9 Å². The molecule has 144 valence electrons. The fourth-order valence-electron chi connectivity index (χ4n) is 2.90. The van der Waals surface area contributed by atoms with Crippen LogP contribution in [0.15, 0.2) is 59.7 Å². The third kappa shape index (κ3) is 3.78. The summed E-state index contributed by atoms with van der Waals surface area (Å²) >= 11 is 0. The molecule has 7 heteroatoms. The number of hydrogen-bond acceptors (Lipinski definition) is 5. The molecule has 1 atom stereocenters. The predicted octanol–water partition coefficient (Wildman–Crippen LogP) is 2.31. The van der Waals surface area contributed by atoms with Crippen LogP contribution in [0, 0.1) is 5.92 Å². The number of nitrogens with zero attached hydrogens (tertiary/aromatic N) is 2. The lowest BCUT2D eigenvalue weighted by molar-refractivity contribution is -0.144. The molecule has 0 aliphatic heterocycles. The van der Waals surface area contributed by atoms with Gasteiger partial charge in [0.2, 0.25) is 0 Å². The number of rotatable bonds is 5. The average molecular weight is 379 g/mol. The number of para-hydroxylation sites is 1. The minimum Gasteiger partial charge on any atom is -0.467 e. The highest BCUT2D eigenvalue weighted by molar-refractivity contribution is 5.97. The van der Waals surface area contributed by atoms with E-state index in [1.54, 1.807) is 42.5 Å². The molecule has 0 unspecified atom stereocenters. The van der Waals surface area contributed by atoms with Crippen molar-refractivity contribution in [1.82, 2.24) is 14.9 Å². The molecule has 1 heterocycles. The Morgan fingerprint density at radius 1 is 1.11 bits per heavy atom. The molecule has 0 spiro atoms. The summed E-state index contributed by atoms with van der Waals surface area (Å²) < 4.78 is 6.14. The van der Waals surface area contributed by atoms with Crippen molar-refractivity contribution in [2.45, 2.75) is 19.9 Å². The van der Waals surface area contributed by atoms with Gasteiger partial charge in [0.1, 0.15) is 12.4 Å². The molecule has 2 aromatic carbocycles. The monoisotopic (exact) mass is 379 g/mol. The number of carbonyl (C=O) groups excluding carboxylic acids is 2. The topological polar surface area (TPSA) is 90.3 Å². The van der Waals surface area contributed by atoms with Crippen LogP contribution in [0.25, 0.3) is 16.6 Å². The first kappa shape index (κ1) is 19.3. The van der Waals surface area contributed by atoms with Crippen LogP contribution in [0.5, 0.6) is 0 Å². The zero-order valence-electron chi connectivity index (χ0n) is 15.9. The molecule has 0 fully saturated rings. The number of methoxy groups -OCH3 is 1. The van der Waals surface area contributed by atoms with Gasteiger partial charge in [-0.25, -0.2) is 9.78 Å². The van der Waals surface area contributed by atoms with Crippen molar-refractivity contribution in [3.8, 4) is 5.69 Å². The van der Waals surface area contributed by atoms with E-state index in [4.69, 9.17) is 4.74 Å². The molecule has 7 nitrogen and oxygen atoms in total. The molecule has 28 heavy (non-hydrogen) atoms. The molecule has 0 radical (unpaired) electrons. The zero-order chi connectivity index (χ0) is 20.3. The van der Waals surface area contributed by atoms with Crippen LogP contribution in [0.1, 0.15) is 24.2 Å². The highest BCUT2D eigenvalue weighted by Gasteiger charge is 2.25. The van der Waals surface area contributed by atoms with Crippen LogP contribution in [0.3, 0.4) is 0 Å². The highest BCUT2D eigenvalue weighted by atomic mass is 16.5. The van der Waals surface area contributed by atoms with Gasteiger partial charge in [0.25, 0.3) is 11.5 Å². The van der Waals surface area contributed by atoms with Gasteiger partial charge in [-0.3, -0.25) is 14.2 Å². The predicted molar refractivity (Wildman–Crippen MR) is 105 cm³/mol. The summed E-state index contributed by atoms with van der Waals surface area (Å²) in [4.78, 5) is 41.6. The fraction of sp³-hybridized carbons (Fsp3) is 0.238. The van der Waals surface area contributed by atoms with Crippen LogP contribution in [-0.2, 0) is 9.53 Å². The molecule has 0 bridgehead atoms. The maximum Gasteiger partial charge on any atom is 0.328 e. The highest BCUT2D eigenvalue weighted by Crippen LogP contribution is 2.13. The van der Waals surface area contributed by atoms with E-state index in [0.29, 0.717) is 22.2 Å². The SMILES string of the molecule is COC(=O)[C@@H](NC(=O)c1cccc(-n2cnc3ccccc3c2=O)c1)C(C)C. The van der Waals surface area contributed by atoms with Gasteiger partial charge >= 0.3 is 5.97 Å². The van der Waals surface area contributed by atoms with Crippen molar-refractivity contribution >= 4 is 22.8 Å². The molecular weight excluding hydrogens is 358 g/mol. The van der Waals surface area contributed by atoms with E-state index in [0.717, 1.165) is 0 Å². The summed E-state index contributed by atoms with van der Waals surface area (Å²) in [5.74, 6) is -1.06. The second-order valence-corrected chi connectivity index (χ2v) is 6.71. The largest absolute Gasteiger partial charge is 0.467 e. The number of hydrogen-bond donors (Lipinski definition) is 1. The number of fused-ring (bicyclic) bond motifs is 1. The van der Waals surface area contributed by atoms with Gasteiger partial charge in [0, 0.05) is 5.56 Å². The number of esters is 1. The summed E-state index contributed by atoms with van der Waals surface area (Å²) in [6, 6.07) is 12.9. The fourth-order valence-corrected chi connectivity index (χ4v) is 2.90. The Hall–Kier alpha value is -3.48. The normalized spacial score (nSPS) is 12.0. The quantitative estimate of drug-likeness (QED) is 0.687. The summed E-state index contributed by atoms with van der Waals surface area (Å²) in [6.07, 6.45) is 1.44. The molecule has 3 rings (SSSR count). The first-order valence-electron chi connectivity index (χ1n) is 8.88. The van der Waals surface area contributed by atoms with Gasteiger partial charge in [-0.1, -0.05) is 32.0 Å². The van der Waals surface area contributed by atoms with Gasteiger partial charge in [-0.2, -0.15) is 0 Å².